The highest BCUT2D eigenvalue weighted by Crippen LogP contribution is 2.09. The second-order valence-corrected chi connectivity index (χ2v) is 4.24. The molecule has 0 aliphatic carbocycles. The van der Waals surface area contributed by atoms with E-state index < -0.39 is 18.9 Å². The molecule has 2 aromatic heterocycles. The average Bonchev–Trinajstić information content (AvgIpc) is 3.00. The fourth-order valence-electron chi connectivity index (χ4n) is 1.81. The number of nitrogens with zero attached hydrogens (tertiary/aromatic N) is 4. The van der Waals surface area contributed by atoms with Gasteiger partial charge >= 0.3 is 0 Å². The van der Waals surface area contributed by atoms with Gasteiger partial charge in [-0.1, -0.05) is 0 Å². The molecule has 0 unspecified atom stereocenters. The van der Waals surface area contributed by atoms with Crippen molar-refractivity contribution in [2.45, 2.75) is 6.43 Å². The number of halogens is 2. The van der Waals surface area contributed by atoms with Gasteiger partial charge in [-0.05, 0) is 12.1 Å². The number of hydrogen-bond donors (Lipinski definition) is 1. The molecular formula is C13H14F2N4O2. The lowest BCUT2D eigenvalue weighted by molar-refractivity contribution is 0.0509. The van der Waals surface area contributed by atoms with Crippen molar-refractivity contribution in [1.29, 1.82) is 0 Å². The van der Waals surface area contributed by atoms with E-state index in [9.17, 15) is 13.6 Å². The summed E-state index contributed by atoms with van der Waals surface area (Å²) in [5.41, 5.74) is 0.188. The summed E-state index contributed by atoms with van der Waals surface area (Å²) in [4.78, 5) is 21.0. The molecule has 0 saturated heterocycles. The first-order valence-electron chi connectivity index (χ1n) is 6.24. The second-order valence-electron chi connectivity index (χ2n) is 4.24. The molecule has 0 saturated carbocycles. The Bertz CT molecular complexity index is 572. The summed E-state index contributed by atoms with van der Waals surface area (Å²) in [7, 11) is 0. The van der Waals surface area contributed by atoms with Gasteiger partial charge in [0.1, 0.15) is 12.1 Å². The van der Waals surface area contributed by atoms with Crippen molar-refractivity contribution in [3.8, 4) is 5.82 Å². The van der Waals surface area contributed by atoms with E-state index in [1.807, 2.05) is 0 Å². The largest absolute Gasteiger partial charge is 0.395 e. The van der Waals surface area contributed by atoms with Gasteiger partial charge in [0.05, 0.1) is 18.7 Å². The third kappa shape index (κ3) is 3.82. The zero-order chi connectivity index (χ0) is 15.2. The second kappa shape index (κ2) is 6.89. The molecule has 112 valence electrons. The predicted octanol–water partition coefficient (Wildman–Crippen LogP) is 0.967. The molecule has 8 heteroatoms. The Morgan fingerprint density at radius 1 is 1.43 bits per heavy atom. The Balaban J connectivity index is 2.14. The first kappa shape index (κ1) is 15.0. The molecular weight excluding hydrogens is 282 g/mol. The summed E-state index contributed by atoms with van der Waals surface area (Å²) in [6.45, 7) is -1.24. The fourth-order valence-corrected chi connectivity index (χ4v) is 1.81. The van der Waals surface area contributed by atoms with E-state index in [0.29, 0.717) is 5.82 Å². The summed E-state index contributed by atoms with van der Waals surface area (Å²) in [6.07, 6.45) is 3.50. The molecule has 0 aliphatic rings. The van der Waals surface area contributed by atoms with Crippen LogP contribution in [-0.4, -0.2) is 56.6 Å². The van der Waals surface area contributed by atoms with Crippen LogP contribution in [-0.2, 0) is 0 Å². The van der Waals surface area contributed by atoms with Gasteiger partial charge in [0.15, 0.2) is 0 Å². The maximum atomic E-state index is 12.4. The van der Waals surface area contributed by atoms with Gasteiger partial charge < -0.3 is 10.0 Å². The topological polar surface area (TPSA) is 71.2 Å². The van der Waals surface area contributed by atoms with Crippen LogP contribution < -0.4 is 0 Å². The van der Waals surface area contributed by atoms with Crippen molar-refractivity contribution < 1.29 is 18.7 Å². The van der Waals surface area contributed by atoms with E-state index in [-0.39, 0.29) is 18.7 Å². The van der Waals surface area contributed by atoms with Crippen molar-refractivity contribution in [1.82, 2.24) is 19.4 Å². The van der Waals surface area contributed by atoms with Crippen LogP contribution in [0.3, 0.4) is 0 Å². The van der Waals surface area contributed by atoms with Crippen LogP contribution in [0.5, 0.6) is 0 Å². The summed E-state index contributed by atoms with van der Waals surface area (Å²) >= 11 is 0. The SMILES string of the molecule is O=C(c1ccc(-n2ccnc2)nc1)N(CCO)CC(F)F. The molecule has 2 rings (SSSR count). The van der Waals surface area contributed by atoms with Gasteiger partial charge in [-0.2, -0.15) is 0 Å². The third-order valence-corrected chi connectivity index (χ3v) is 2.78. The number of aliphatic hydroxyl groups excluding tert-OH is 1. The van der Waals surface area contributed by atoms with Crippen LogP contribution in [0, 0.1) is 0 Å². The highest BCUT2D eigenvalue weighted by Gasteiger charge is 2.19. The number of carbonyl (C=O) groups is 1. The molecule has 1 amide bonds. The lowest BCUT2D eigenvalue weighted by Gasteiger charge is -2.21. The molecule has 2 aromatic rings. The number of hydrogen-bond acceptors (Lipinski definition) is 4. The van der Waals surface area contributed by atoms with E-state index in [1.165, 1.54) is 12.3 Å². The van der Waals surface area contributed by atoms with Crippen LogP contribution in [0.4, 0.5) is 8.78 Å². The highest BCUT2D eigenvalue weighted by molar-refractivity contribution is 5.94. The molecule has 0 atom stereocenters. The Hall–Kier alpha value is -2.35. The summed E-state index contributed by atoms with van der Waals surface area (Å²) in [5.74, 6) is -0.0272. The Morgan fingerprint density at radius 3 is 2.76 bits per heavy atom. The van der Waals surface area contributed by atoms with E-state index in [0.717, 1.165) is 4.90 Å². The van der Waals surface area contributed by atoms with E-state index in [4.69, 9.17) is 5.11 Å². The van der Waals surface area contributed by atoms with Gasteiger partial charge in [-0.25, -0.2) is 18.7 Å². The highest BCUT2D eigenvalue weighted by atomic mass is 19.3. The molecule has 6 nitrogen and oxygen atoms in total. The van der Waals surface area contributed by atoms with Crippen LogP contribution in [0.1, 0.15) is 10.4 Å². The maximum Gasteiger partial charge on any atom is 0.255 e. The molecule has 0 spiro atoms. The summed E-state index contributed by atoms with van der Waals surface area (Å²) < 4.78 is 26.5. The minimum atomic E-state index is -2.65. The number of pyridine rings is 1. The number of amides is 1. The average molecular weight is 296 g/mol. The molecule has 0 radical (unpaired) electrons. The Labute approximate surface area is 119 Å². The number of alkyl halides is 2. The quantitative estimate of drug-likeness (QED) is 0.862. The smallest absolute Gasteiger partial charge is 0.255 e. The van der Waals surface area contributed by atoms with Crippen molar-refractivity contribution >= 4 is 5.91 Å². The van der Waals surface area contributed by atoms with Crippen molar-refractivity contribution in [2.75, 3.05) is 19.7 Å². The van der Waals surface area contributed by atoms with Crippen LogP contribution in [0.25, 0.3) is 5.82 Å². The summed E-state index contributed by atoms with van der Waals surface area (Å²) in [6, 6.07) is 3.09. The van der Waals surface area contributed by atoms with Crippen molar-refractivity contribution in [3.05, 3.63) is 42.6 Å². The van der Waals surface area contributed by atoms with E-state index in [2.05, 4.69) is 9.97 Å². The first-order valence-corrected chi connectivity index (χ1v) is 6.24. The Kier molecular flexibility index (Phi) is 4.94. The molecule has 2 heterocycles. The zero-order valence-corrected chi connectivity index (χ0v) is 11.1. The van der Waals surface area contributed by atoms with Gasteiger partial charge in [0, 0.05) is 25.1 Å². The van der Waals surface area contributed by atoms with Crippen molar-refractivity contribution in [2.24, 2.45) is 0 Å². The van der Waals surface area contributed by atoms with Gasteiger partial charge in [0.2, 0.25) is 0 Å². The normalized spacial score (nSPS) is 10.9. The monoisotopic (exact) mass is 296 g/mol. The lowest BCUT2D eigenvalue weighted by Crippen LogP contribution is -2.37. The Morgan fingerprint density at radius 2 is 2.24 bits per heavy atom. The minimum Gasteiger partial charge on any atom is -0.395 e. The van der Waals surface area contributed by atoms with Gasteiger partial charge in [0.25, 0.3) is 12.3 Å². The molecule has 0 fully saturated rings. The first-order chi connectivity index (χ1) is 10.1. The standard InChI is InChI=1S/C13H14F2N4O2/c14-11(15)8-18(5-6-20)13(21)10-1-2-12(17-7-10)19-4-3-16-9-19/h1-4,7,9,11,20H,5-6,8H2. The third-order valence-electron chi connectivity index (χ3n) is 2.78. The fraction of sp³-hybridized carbons (Fsp3) is 0.308. The van der Waals surface area contributed by atoms with E-state index in [1.54, 1.807) is 29.4 Å². The van der Waals surface area contributed by atoms with Gasteiger partial charge in [-0.3, -0.25) is 9.36 Å². The number of carbonyl (C=O) groups excluding carboxylic acids is 1. The number of aliphatic hydroxyl groups is 1. The van der Waals surface area contributed by atoms with E-state index >= 15 is 0 Å². The lowest BCUT2D eigenvalue weighted by atomic mass is 10.2. The summed E-state index contributed by atoms with van der Waals surface area (Å²) in [5, 5.41) is 8.85. The van der Waals surface area contributed by atoms with Crippen LogP contribution >= 0.6 is 0 Å². The molecule has 21 heavy (non-hydrogen) atoms. The number of aromatic nitrogens is 3. The number of imidazole rings is 1. The zero-order valence-electron chi connectivity index (χ0n) is 11.1. The van der Waals surface area contributed by atoms with Crippen LogP contribution in [0.15, 0.2) is 37.1 Å². The van der Waals surface area contributed by atoms with Crippen molar-refractivity contribution in [3.63, 3.8) is 0 Å². The molecule has 0 aromatic carbocycles. The minimum absolute atomic E-state index is 0.146. The number of rotatable bonds is 6. The predicted molar refractivity (Wildman–Crippen MR) is 70.4 cm³/mol. The maximum absolute atomic E-state index is 12.4. The molecule has 0 aliphatic heterocycles. The van der Waals surface area contributed by atoms with Gasteiger partial charge in [-0.15, -0.1) is 0 Å². The molecule has 1 N–H and O–H groups in total. The van der Waals surface area contributed by atoms with Crippen LogP contribution in [0.2, 0.25) is 0 Å². The molecule has 0 bridgehead atoms.